The maximum absolute atomic E-state index is 12.0. The highest BCUT2D eigenvalue weighted by molar-refractivity contribution is 7.87. The van der Waals surface area contributed by atoms with E-state index in [0.717, 1.165) is 12.8 Å². The van der Waals surface area contributed by atoms with Gasteiger partial charge in [0.2, 0.25) is 0 Å². The molecule has 142 valence electrons. The monoisotopic (exact) mass is 382 g/mol. The van der Waals surface area contributed by atoms with Crippen molar-refractivity contribution in [3.63, 3.8) is 0 Å². The van der Waals surface area contributed by atoms with Gasteiger partial charge < -0.3 is 4.74 Å². The Balaban J connectivity index is 3.72. The summed E-state index contributed by atoms with van der Waals surface area (Å²) in [7, 11) is -5.51. The summed E-state index contributed by atoms with van der Waals surface area (Å²) in [6, 6.07) is 0. The SMILES string of the molecule is CCOC(=O)/C=C/C=C/CCCC#CCCCOS(=O)(=O)C(F)(F)F. The maximum Gasteiger partial charge on any atom is 0.523 e. The van der Waals surface area contributed by atoms with Crippen molar-refractivity contribution in [1.29, 1.82) is 0 Å². The molecular weight excluding hydrogens is 361 g/mol. The van der Waals surface area contributed by atoms with Gasteiger partial charge in [0.1, 0.15) is 0 Å². The molecule has 0 unspecified atom stereocenters. The highest BCUT2D eigenvalue weighted by atomic mass is 32.2. The summed E-state index contributed by atoms with van der Waals surface area (Å²) in [6.07, 6.45) is 9.00. The fraction of sp³-hybridized carbons (Fsp3) is 0.562. The molecule has 0 aliphatic heterocycles. The van der Waals surface area contributed by atoms with Crippen molar-refractivity contribution in [2.24, 2.45) is 0 Å². The second-order valence-electron chi connectivity index (χ2n) is 4.61. The molecule has 0 radical (unpaired) electrons. The average molecular weight is 382 g/mol. The summed E-state index contributed by atoms with van der Waals surface area (Å²) in [5.74, 6) is 5.17. The number of alkyl halides is 3. The maximum atomic E-state index is 12.0. The van der Waals surface area contributed by atoms with Gasteiger partial charge in [-0.25, -0.2) is 4.79 Å². The number of ether oxygens (including phenoxy) is 1. The van der Waals surface area contributed by atoms with Crippen molar-refractivity contribution in [2.75, 3.05) is 13.2 Å². The number of hydrogen-bond donors (Lipinski definition) is 0. The number of carbonyl (C=O) groups is 1. The van der Waals surface area contributed by atoms with Crippen LogP contribution >= 0.6 is 0 Å². The van der Waals surface area contributed by atoms with E-state index < -0.39 is 28.2 Å². The molecule has 0 saturated carbocycles. The molecule has 0 rings (SSSR count). The van der Waals surface area contributed by atoms with Crippen LogP contribution in [-0.4, -0.2) is 33.1 Å². The molecule has 0 fully saturated rings. The van der Waals surface area contributed by atoms with Gasteiger partial charge in [0, 0.05) is 18.9 Å². The number of halogens is 3. The van der Waals surface area contributed by atoms with Gasteiger partial charge in [-0.3, -0.25) is 4.18 Å². The van der Waals surface area contributed by atoms with Crippen LogP contribution in [0, 0.1) is 11.8 Å². The molecule has 0 aromatic carbocycles. The predicted octanol–water partition coefficient (Wildman–Crippen LogP) is 3.48. The molecule has 0 amide bonds. The Morgan fingerprint density at radius 1 is 1.12 bits per heavy atom. The minimum atomic E-state index is -5.51. The largest absolute Gasteiger partial charge is 0.523 e. The number of allylic oxidation sites excluding steroid dienone is 3. The van der Waals surface area contributed by atoms with Gasteiger partial charge in [-0.15, -0.1) is 11.8 Å². The number of carbonyl (C=O) groups excluding carboxylic acids is 1. The Hall–Kier alpha value is -1.79. The molecular formula is C16H21F3O5S. The lowest BCUT2D eigenvalue weighted by Gasteiger charge is -2.06. The van der Waals surface area contributed by atoms with Crippen LogP contribution in [0.5, 0.6) is 0 Å². The van der Waals surface area contributed by atoms with Crippen LogP contribution in [0.2, 0.25) is 0 Å². The first-order valence-corrected chi connectivity index (χ1v) is 9.03. The van der Waals surface area contributed by atoms with Crippen LogP contribution in [-0.2, 0) is 23.8 Å². The summed E-state index contributed by atoms with van der Waals surface area (Å²) in [6.45, 7) is 1.50. The van der Waals surface area contributed by atoms with E-state index in [9.17, 15) is 26.4 Å². The first-order chi connectivity index (χ1) is 11.7. The Kier molecular flexibility index (Phi) is 11.7. The molecule has 0 atom stereocenters. The van der Waals surface area contributed by atoms with Gasteiger partial charge in [0.15, 0.2) is 0 Å². The molecule has 0 aliphatic rings. The first-order valence-electron chi connectivity index (χ1n) is 7.62. The van der Waals surface area contributed by atoms with Gasteiger partial charge in [0.25, 0.3) is 0 Å². The summed E-state index contributed by atoms with van der Waals surface area (Å²) in [4.78, 5) is 11.0. The first kappa shape index (κ1) is 23.2. The van der Waals surface area contributed by atoms with E-state index in [1.807, 2.05) is 6.08 Å². The van der Waals surface area contributed by atoms with E-state index >= 15 is 0 Å². The van der Waals surface area contributed by atoms with Crippen molar-refractivity contribution in [3.05, 3.63) is 24.3 Å². The van der Waals surface area contributed by atoms with E-state index in [2.05, 4.69) is 16.0 Å². The van der Waals surface area contributed by atoms with E-state index in [0.29, 0.717) is 13.0 Å². The molecule has 0 aromatic rings. The van der Waals surface area contributed by atoms with E-state index in [1.54, 1.807) is 19.1 Å². The summed E-state index contributed by atoms with van der Waals surface area (Å²) in [5, 5.41) is 0. The third kappa shape index (κ3) is 12.3. The number of rotatable bonds is 10. The normalized spacial score (nSPS) is 12.3. The number of esters is 1. The minimum absolute atomic E-state index is 0.0981. The van der Waals surface area contributed by atoms with Crippen molar-refractivity contribution >= 4 is 16.1 Å². The summed E-state index contributed by atoms with van der Waals surface area (Å²) in [5.41, 5.74) is -5.39. The average Bonchev–Trinajstić information content (AvgIpc) is 2.51. The second kappa shape index (κ2) is 12.6. The van der Waals surface area contributed by atoms with E-state index in [-0.39, 0.29) is 12.8 Å². The Bertz CT molecular complexity index is 610. The number of unbranched alkanes of at least 4 members (excludes halogenated alkanes) is 3. The van der Waals surface area contributed by atoms with Crippen molar-refractivity contribution in [1.82, 2.24) is 0 Å². The Morgan fingerprint density at radius 3 is 2.36 bits per heavy atom. The van der Waals surface area contributed by atoms with Gasteiger partial charge in [-0.05, 0) is 26.2 Å². The lowest BCUT2D eigenvalue weighted by molar-refractivity contribution is -0.137. The van der Waals surface area contributed by atoms with Gasteiger partial charge >= 0.3 is 21.6 Å². The second-order valence-corrected chi connectivity index (χ2v) is 6.22. The molecule has 0 aliphatic carbocycles. The van der Waals surface area contributed by atoms with Gasteiger partial charge in [0.05, 0.1) is 13.2 Å². The Morgan fingerprint density at radius 2 is 1.76 bits per heavy atom. The molecule has 9 heteroatoms. The van der Waals surface area contributed by atoms with E-state index in [4.69, 9.17) is 4.74 Å². The van der Waals surface area contributed by atoms with Crippen molar-refractivity contribution in [2.45, 2.75) is 44.5 Å². The summed E-state index contributed by atoms with van der Waals surface area (Å²) >= 11 is 0. The molecule has 0 spiro atoms. The zero-order chi connectivity index (χ0) is 19.2. The molecule has 0 aromatic heterocycles. The predicted molar refractivity (Wildman–Crippen MR) is 86.7 cm³/mol. The molecule has 0 saturated heterocycles. The number of hydrogen-bond acceptors (Lipinski definition) is 5. The smallest absolute Gasteiger partial charge is 0.463 e. The van der Waals surface area contributed by atoms with Crippen molar-refractivity contribution in [3.8, 4) is 11.8 Å². The van der Waals surface area contributed by atoms with Gasteiger partial charge in [-0.2, -0.15) is 21.6 Å². The van der Waals surface area contributed by atoms with Crippen LogP contribution in [0.3, 0.4) is 0 Å². The zero-order valence-corrected chi connectivity index (χ0v) is 14.7. The van der Waals surface area contributed by atoms with Crippen LogP contribution in [0.1, 0.15) is 39.0 Å². The lowest BCUT2D eigenvalue weighted by Crippen LogP contribution is -2.25. The highest BCUT2D eigenvalue weighted by Crippen LogP contribution is 2.24. The molecule has 0 heterocycles. The molecule has 0 N–H and O–H groups in total. The third-order valence-corrected chi connectivity index (χ3v) is 3.58. The quantitative estimate of drug-likeness (QED) is 0.110. The van der Waals surface area contributed by atoms with Crippen LogP contribution in [0.25, 0.3) is 0 Å². The molecule has 5 nitrogen and oxygen atoms in total. The van der Waals surface area contributed by atoms with Crippen LogP contribution in [0.4, 0.5) is 13.2 Å². The highest BCUT2D eigenvalue weighted by Gasteiger charge is 2.47. The van der Waals surface area contributed by atoms with Gasteiger partial charge in [-0.1, -0.05) is 18.2 Å². The standard InChI is InChI=1S/C16H21F3O5S/c1-2-23-15(20)13-11-9-7-5-3-4-6-8-10-12-14-24-25(21,22)16(17,18)19/h7,9,11,13H,2-5,10,12,14H2,1H3/b9-7+,13-11+. The van der Waals surface area contributed by atoms with Crippen LogP contribution in [0.15, 0.2) is 24.3 Å². The van der Waals surface area contributed by atoms with E-state index in [1.165, 1.54) is 6.08 Å². The topological polar surface area (TPSA) is 69.7 Å². The Labute approximate surface area is 146 Å². The molecule has 0 bridgehead atoms. The fourth-order valence-electron chi connectivity index (χ4n) is 1.38. The zero-order valence-electron chi connectivity index (χ0n) is 13.8. The third-order valence-electron chi connectivity index (χ3n) is 2.53. The molecule has 25 heavy (non-hydrogen) atoms. The minimum Gasteiger partial charge on any atom is -0.463 e. The van der Waals surface area contributed by atoms with Crippen LogP contribution < -0.4 is 0 Å². The summed E-state index contributed by atoms with van der Waals surface area (Å²) < 4.78 is 65.6. The van der Waals surface area contributed by atoms with Crippen molar-refractivity contribution < 1.29 is 35.3 Å². The fourth-order valence-corrected chi connectivity index (χ4v) is 1.85. The lowest BCUT2D eigenvalue weighted by atomic mass is 10.2.